The van der Waals surface area contributed by atoms with Gasteiger partial charge in [-0.25, -0.2) is 0 Å². The van der Waals surface area contributed by atoms with Crippen molar-refractivity contribution in [1.29, 1.82) is 0 Å². The number of hydrogen-bond acceptors (Lipinski definition) is 3. The van der Waals surface area contributed by atoms with Crippen LogP contribution in [-0.4, -0.2) is 35.4 Å². The van der Waals surface area contributed by atoms with Gasteiger partial charge in [-0.2, -0.15) is 0 Å². The maximum Gasteiger partial charge on any atom is 0.261 e. The van der Waals surface area contributed by atoms with Crippen LogP contribution in [0.4, 0.5) is 0 Å². The molecule has 2 amide bonds. The summed E-state index contributed by atoms with van der Waals surface area (Å²) in [6.45, 7) is 4.15. The molecule has 200 valence electrons. The van der Waals surface area contributed by atoms with Gasteiger partial charge in [0.25, 0.3) is 5.91 Å². The van der Waals surface area contributed by atoms with Gasteiger partial charge < -0.3 is 15.0 Å². The predicted octanol–water partition coefficient (Wildman–Crippen LogP) is 6.53. The first-order valence-corrected chi connectivity index (χ1v) is 14.3. The minimum atomic E-state index is -0.655. The molecular weight excluding hydrogens is 540 g/mol. The molecule has 0 aliphatic heterocycles. The Morgan fingerprint density at radius 2 is 1.66 bits per heavy atom. The van der Waals surface area contributed by atoms with Crippen LogP contribution in [0, 0.1) is 13.8 Å². The quantitative estimate of drug-likeness (QED) is 0.298. The Balaban J connectivity index is 1.62. The smallest absolute Gasteiger partial charge is 0.261 e. The third kappa shape index (κ3) is 7.94. The minimum absolute atomic E-state index is 0.0991. The van der Waals surface area contributed by atoms with Gasteiger partial charge in [-0.15, -0.1) is 0 Å². The van der Waals surface area contributed by atoms with E-state index in [1.807, 2.05) is 86.6 Å². The Morgan fingerprint density at radius 1 is 0.947 bits per heavy atom. The number of aryl methyl sites for hydroxylation is 2. The van der Waals surface area contributed by atoms with Crippen molar-refractivity contribution >= 4 is 27.7 Å². The van der Waals surface area contributed by atoms with Gasteiger partial charge in [0.1, 0.15) is 11.8 Å². The lowest BCUT2D eigenvalue weighted by atomic mass is 9.94. The number of benzene rings is 3. The van der Waals surface area contributed by atoms with Crippen molar-refractivity contribution in [3.05, 3.63) is 99.5 Å². The second kappa shape index (κ2) is 13.6. The SMILES string of the molecule is Cc1ccc(C)c(OCC(=O)N(Cc2ccc(Br)cc2)[C@H](Cc2ccccc2)C(=O)NC2CCCCC2)c1. The fourth-order valence-electron chi connectivity index (χ4n) is 4.97. The highest BCUT2D eigenvalue weighted by Gasteiger charge is 2.32. The molecule has 1 atom stereocenters. The van der Waals surface area contributed by atoms with Crippen LogP contribution in [0.2, 0.25) is 0 Å². The van der Waals surface area contributed by atoms with Gasteiger partial charge in [-0.3, -0.25) is 9.59 Å². The lowest BCUT2D eigenvalue weighted by molar-refractivity contribution is -0.143. The number of halogens is 1. The number of carbonyl (C=O) groups is 2. The molecule has 1 saturated carbocycles. The maximum atomic E-state index is 13.8. The van der Waals surface area contributed by atoms with Crippen molar-refractivity contribution < 1.29 is 14.3 Å². The molecule has 1 aliphatic rings. The molecule has 0 bridgehead atoms. The molecule has 0 saturated heterocycles. The third-order valence-corrected chi connectivity index (χ3v) is 7.71. The molecule has 0 unspecified atom stereocenters. The van der Waals surface area contributed by atoms with Crippen LogP contribution < -0.4 is 10.1 Å². The molecule has 4 rings (SSSR count). The zero-order valence-corrected chi connectivity index (χ0v) is 23.9. The molecular formula is C32H37BrN2O3. The van der Waals surface area contributed by atoms with E-state index >= 15 is 0 Å². The van der Waals surface area contributed by atoms with Crippen molar-refractivity contribution in [3.8, 4) is 5.75 Å². The van der Waals surface area contributed by atoms with E-state index in [0.29, 0.717) is 18.7 Å². The zero-order valence-electron chi connectivity index (χ0n) is 22.3. The summed E-state index contributed by atoms with van der Waals surface area (Å²) < 4.78 is 6.98. The molecule has 3 aromatic carbocycles. The van der Waals surface area contributed by atoms with E-state index in [0.717, 1.165) is 52.4 Å². The van der Waals surface area contributed by atoms with Crippen LogP contribution in [0.15, 0.2) is 77.3 Å². The summed E-state index contributed by atoms with van der Waals surface area (Å²) in [6, 6.07) is 23.3. The van der Waals surface area contributed by atoms with Crippen molar-refractivity contribution in [2.24, 2.45) is 0 Å². The predicted molar refractivity (Wildman–Crippen MR) is 155 cm³/mol. The van der Waals surface area contributed by atoms with Gasteiger partial charge in [0.15, 0.2) is 6.61 Å². The number of ether oxygens (including phenoxy) is 1. The van der Waals surface area contributed by atoms with Crippen LogP contribution in [0.3, 0.4) is 0 Å². The third-order valence-electron chi connectivity index (χ3n) is 7.18. The first-order chi connectivity index (χ1) is 18.4. The molecule has 5 nitrogen and oxygen atoms in total. The average Bonchev–Trinajstić information content (AvgIpc) is 2.93. The highest BCUT2D eigenvalue weighted by Crippen LogP contribution is 2.22. The van der Waals surface area contributed by atoms with Gasteiger partial charge in [0.05, 0.1) is 0 Å². The van der Waals surface area contributed by atoms with E-state index in [1.165, 1.54) is 6.42 Å². The van der Waals surface area contributed by atoms with E-state index in [2.05, 4.69) is 21.2 Å². The second-order valence-electron chi connectivity index (χ2n) is 10.3. The summed E-state index contributed by atoms with van der Waals surface area (Å²) in [6.07, 6.45) is 5.87. The Labute approximate surface area is 234 Å². The summed E-state index contributed by atoms with van der Waals surface area (Å²) >= 11 is 3.49. The summed E-state index contributed by atoms with van der Waals surface area (Å²) in [5.74, 6) is 0.375. The van der Waals surface area contributed by atoms with Gasteiger partial charge in [0.2, 0.25) is 5.91 Å². The first-order valence-electron chi connectivity index (χ1n) is 13.5. The normalized spacial score (nSPS) is 14.5. The molecule has 1 fully saturated rings. The Morgan fingerprint density at radius 3 is 2.37 bits per heavy atom. The van der Waals surface area contributed by atoms with E-state index in [1.54, 1.807) is 4.90 Å². The summed E-state index contributed by atoms with van der Waals surface area (Å²) in [5, 5.41) is 3.28. The molecule has 0 aromatic heterocycles. The summed E-state index contributed by atoms with van der Waals surface area (Å²) in [7, 11) is 0. The largest absolute Gasteiger partial charge is 0.483 e. The van der Waals surface area contributed by atoms with Crippen LogP contribution in [0.5, 0.6) is 5.75 Å². The highest BCUT2D eigenvalue weighted by molar-refractivity contribution is 9.10. The zero-order chi connectivity index (χ0) is 26.9. The van der Waals surface area contributed by atoms with Gasteiger partial charge in [-0.05, 0) is 67.1 Å². The number of carbonyl (C=O) groups excluding carboxylic acids is 2. The average molecular weight is 578 g/mol. The van der Waals surface area contributed by atoms with Gasteiger partial charge >= 0.3 is 0 Å². The van der Waals surface area contributed by atoms with Crippen LogP contribution in [0.25, 0.3) is 0 Å². The van der Waals surface area contributed by atoms with Crippen molar-refractivity contribution in [2.75, 3.05) is 6.61 Å². The molecule has 0 radical (unpaired) electrons. The molecule has 3 aromatic rings. The Kier molecular flexibility index (Phi) is 9.99. The molecule has 1 aliphatic carbocycles. The molecule has 0 spiro atoms. The van der Waals surface area contributed by atoms with E-state index in [4.69, 9.17) is 4.74 Å². The Bertz CT molecular complexity index is 1210. The van der Waals surface area contributed by atoms with Crippen molar-refractivity contribution in [3.63, 3.8) is 0 Å². The van der Waals surface area contributed by atoms with Crippen LogP contribution in [-0.2, 0) is 22.6 Å². The topological polar surface area (TPSA) is 58.6 Å². The summed E-state index contributed by atoms with van der Waals surface area (Å²) in [5.41, 5.74) is 4.01. The van der Waals surface area contributed by atoms with Gasteiger partial charge in [-0.1, -0.05) is 89.8 Å². The Hall–Kier alpha value is -3.12. The fourth-order valence-corrected chi connectivity index (χ4v) is 5.23. The van der Waals surface area contributed by atoms with Crippen LogP contribution >= 0.6 is 15.9 Å². The maximum absolute atomic E-state index is 13.8. The lowest BCUT2D eigenvalue weighted by Crippen LogP contribution is -2.53. The molecule has 38 heavy (non-hydrogen) atoms. The molecule has 1 N–H and O–H groups in total. The lowest BCUT2D eigenvalue weighted by Gasteiger charge is -2.33. The van der Waals surface area contributed by atoms with E-state index < -0.39 is 6.04 Å². The second-order valence-corrected chi connectivity index (χ2v) is 11.2. The van der Waals surface area contributed by atoms with Crippen molar-refractivity contribution in [2.45, 2.75) is 71.0 Å². The number of nitrogens with zero attached hydrogens (tertiary/aromatic N) is 1. The van der Waals surface area contributed by atoms with Crippen LogP contribution in [0.1, 0.15) is 54.4 Å². The minimum Gasteiger partial charge on any atom is -0.483 e. The number of rotatable bonds is 10. The van der Waals surface area contributed by atoms with E-state index in [-0.39, 0.29) is 24.5 Å². The number of amides is 2. The fraction of sp³-hybridized carbons (Fsp3) is 0.375. The first kappa shape index (κ1) is 27.9. The van der Waals surface area contributed by atoms with E-state index in [9.17, 15) is 9.59 Å². The van der Waals surface area contributed by atoms with Gasteiger partial charge in [0, 0.05) is 23.5 Å². The standard InChI is InChI=1S/C32H37BrN2O3/c1-23-13-14-24(2)30(19-23)38-22-31(36)35(21-26-15-17-27(33)18-16-26)29(20-25-9-5-3-6-10-25)32(37)34-28-11-7-4-8-12-28/h3,5-6,9-10,13-19,28-29H,4,7-8,11-12,20-22H2,1-2H3,(H,34,37)/t29-/m1/s1. The number of nitrogens with one attached hydrogen (secondary N) is 1. The molecule has 0 heterocycles. The summed E-state index contributed by atoms with van der Waals surface area (Å²) in [4.78, 5) is 29.3. The van der Waals surface area contributed by atoms with Crippen molar-refractivity contribution in [1.82, 2.24) is 10.2 Å². The molecule has 6 heteroatoms. The highest BCUT2D eigenvalue weighted by atomic mass is 79.9. The monoisotopic (exact) mass is 576 g/mol. The number of hydrogen-bond donors (Lipinski definition) is 1.